The molecule has 4 nitrogen and oxygen atoms in total. The minimum Gasteiger partial charge on any atom is -0.334 e. The molecular formula is C12H8F3N3O. The first-order chi connectivity index (χ1) is 8.98. The second-order valence-electron chi connectivity index (χ2n) is 3.82. The fourth-order valence-electron chi connectivity index (χ4n) is 1.41. The molecule has 2 rings (SSSR count). The smallest absolute Gasteiger partial charge is 0.334 e. The summed E-state index contributed by atoms with van der Waals surface area (Å²) in [5.41, 5.74) is 1.03. The van der Waals surface area contributed by atoms with Gasteiger partial charge in [-0.05, 0) is 24.3 Å². The summed E-state index contributed by atoms with van der Waals surface area (Å²) < 4.78 is 41.0. The second kappa shape index (κ2) is 5.10. The summed E-state index contributed by atoms with van der Waals surface area (Å²) in [5.74, 6) is 0.151. The molecule has 1 heterocycles. The van der Waals surface area contributed by atoms with E-state index in [0.29, 0.717) is 11.1 Å². The topological polar surface area (TPSA) is 62.7 Å². The van der Waals surface area contributed by atoms with E-state index in [1.54, 1.807) is 24.3 Å². The van der Waals surface area contributed by atoms with Crippen LogP contribution in [0.25, 0.3) is 11.5 Å². The van der Waals surface area contributed by atoms with Crippen molar-refractivity contribution in [2.45, 2.75) is 19.0 Å². The summed E-state index contributed by atoms with van der Waals surface area (Å²) in [6.45, 7) is 0. The van der Waals surface area contributed by atoms with Gasteiger partial charge in [-0.25, -0.2) is 0 Å². The minimum absolute atomic E-state index is 0.0108. The third kappa shape index (κ3) is 3.55. The first kappa shape index (κ1) is 13.1. The van der Waals surface area contributed by atoms with E-state index in [4.69, 9.17) is 9.78 Å². The lowest BCUT2D eigenvalue weighted by Crippen LogP contribution is -2.09. The molecule has 0 aliphatic carbocycles. The van der Waals surface area contributed by atoms with Gasteiger partial charge < -0.3 is 4.52 Å². The average molecular weight is 267 g/mol. The average Bonchev–Trinajstić information content (AvgIpc) is 2.84. The predicted octanol–water partition coefficient (Wildman–Crippen LogP) is 3.10. The van der Waals surface area contributed by atoms with Crippen LogP contribution in [0.4, 0.5) is 13.2 Å². The Morgan fingerprint density at radius 1 is 1.21 bits per heavy atom. The van der Waals surface area contributed by atoms with Gasteiger partial charge in [0.15, 0.2) is 5.82 Å². The highest BCUT2D eigenvalue weighted by atomic mass is 19.4. The standard InChI is InChI=1S/C12H8F3N3O/c13-12(14,15)6-5-10-17-11(19-18-10)9-3-1-8(7-16)2-4-9/h1-4H,5-6H2. The lowest BCUT2D eigenvalue weighted by molar-refractivity contribution is -0.134. The van der Waals surface area contributed by atoms with Gasteiger partial charge in [0.05, 0.1) is 18.1 Å². The van der Waals surface area contributed by atoms with Gasteiger partial charge in [0.2, 0.25) is 0 Å². The van der Waals surface area contributed by atoms with Gasteiger partial charge in [-0.1, -0.05) is 5.16 Å². The van der Waals surface area contributed by atoms with Crippen LogP contribution in [0.3, 0.4) is 0 Å². The van der Waals surface area contributed by atoms with Crippen LogP contribution in [0.5, 0.6) is 0 Å². The van der Waals surface area contributed by atoms with Crippen LogP contribution in [0.2, 0.25) is 0 Å². The molecule has 0 N–H and O–H groups in total. The summed E-state index contributed by atoms with van der Waals surface area (Å²) in [4.78, 5) is 3.88. The Hall–Kier alpha value is -2.36. The van der Waals surface area contributed by atoms with E-state index in [1.165, 1.54) is 0 Å². The zero-order chi connectivity index (χ0) is 13.9. The summed E-state index contributed by atoms with van der Waals surface area (Å²) in [7, 11) is 0. The summed E-state index contributed by atoms with van der Waals surface area (Å²) >= 11 is 0. The zero-order valence-electron chi connectivity index (χ0n) is 9.61. The normalized spacial score (nSPS) is 11.3. The molecule has 0 saturated heterocycles. The Balaban J connectivity index is 2.10. The van der Waals surface area contributed by atoms with E-state index in [-0.39, 0.29) is 18.1 Å². The molecule has 19 heavy (non-hydrogen) atoms. The molecule has 0 unspecified atom stereocenters. The van der Waals surface area contributed by atoms with Crippen LogP contribution < -0.4 is 0 Å². The second-order valence-corrected chi connectivity index (χ2v) is 3.82. The fourth-order valence-corrected chi connectivity index (χ4v) is 1.41. The molecule has 0 bridgehead atoms. The predicted molar refractivity (Wildman–Crippen MR) is 58.8 cm³/mol. The van der Waals surface area contributed by atoms with Gasteiger partial charge in [0, 0.05) is 12.0 Å². The van der Waals surface area contributed by atoms with Gasteiger partial charge >= 0.3 is 6.18 Å². The molecule has 1 aromatic carbocycles. The van der Waals surface area contributed by atoms with Crippen LogP contribution in [0.1, 0.15) is 17.8 Å². The number of benzene rings is 1. The summed E-state index contributed by atoms with van der Waals surface area (Å²) in [5, 5.41) is 12.1. The molecule has 7 heteroatoms. The zero-order valence-corrected chi connectivity index (χ0v) is 9.61. The van der Waals surface area contributed by atoms with Crippen LogP contribution in [-0.2, 0) is 6.42 Å². The van der Waals surface area contributed by atoms with Gasteiger partial charge in [-0.15, -0.1) is 0 Å². The number of halogens is 3. The molecule has 2 aromatic rings. The molecular weight excluding hydrogens is 259 g/mol. The third-order valence-electron chi connectivity index (χ3n) is 2.36. The largest absolute Gasteiger partial charge is 0.389 e. The van der Waals surface area contributed by atoms with Crippen molar-refractivity contribution in [1.29, 1.82) is 5.26 Å². The van der Waals surface area contributed by atoms with E-state index in [9.17, 15) is 13.2 Å². The number of aromatic nitrogens is 2. The van der Waals surface area contributed by atoms with Crippen molar-refractivity contribution in [1.82, 2.24) is 10.1 Å². The lowest BCUT2D eigenvalue weighted by atomic mass is 10.1. The molecule has 0 aliphatic rings. The van der Waals surface area contributed by atoms with E-state index in [2.05, 4.69) is 10.1 Å². The van der Waals surface area contributed by atoms with Crippen LogP contribution in [0, 0.1) is 11.3 Å². The third-order valence-corrected chi connectivity index (χ3v) is 2.36. The molecule has 0 aliphatic heterocycles. The highest BCUT2D eigenvalue weighted by Gasteiger charge is 2.27. The van der Waals surface area contributed by atoms with E-state index in [1.807, 2.05) is 6.07 Å². The molecule has 0 fully saturated rings. The summed E-state index contributed by atoms with van der Waals surface area (Å²) in [6.07, 6.45) is -5.54. The Labute approximate surface area is 106 Å². The van der Waals surface area contributed by atoms with E-state index < -0.39 is 12.6 Å². The Bertz CT molecular complexity index is 596. The number of hydrogen-bond donors (Lipinski definition) is 0. The molecule has 0 radical (unpaired) electrons. The SMILES string of the molecule is N#Cc1ccc(-c2nc(CCC(F)(F)F)no2)cc1. The minimum atomic E-state index is -4.24. The number of hydrogen-bond acceptors (Lipinski definition) is 4. The highest BCUT2D eigenvalue weighted by molar-refractivity contribution is 5.54. The van der Waals surface area contributed by atoms with Gasteiger partial charge in [-0.2, -0.15) is 23.4 Å². The number of aryl methyl sites for hydroxylation is 1. The van der Waals surface area contributed by atoms with Gasteiger partial charge in [-0.3, -0.25) is 0 Å². The number of alkyl halides is 3. The van der Waals surface area contributed by atoms with Crippen LogP contribution in [-0.4, -0.2) is 16.3 Å². The number of rotatable bonds is 3. The van der Waals surface area contributed by atoms with Crippen molar-refractivity contribution < 1.29 is 17.7 Å². The maximum absolute atomic E-state index is 12.0. The van der Waals surface area contributed by atoms with Crippen LogP contribution in [0.15, 0.2) is 28.8 Å². The van der Waals surface area contributed by atoms with E-state index >= 15 is 0 Å². The number of nitrogens with zero attached hydrogens (tertiary/aromatic N) is 3. The summed E-state index contributed by atoms with van der Waals surface area (Å²) in [6, 6.07) is 8.28. The molecule has 0 spiro atoms. The Kier molecular flexibility index (Phi) is 3.51. The van der Waals surface area contributed by atoms with Gasteiger partial charge in [0.1, 0.15) is 0 Å². The van der Waals surface area contributed by atoms with Crippen molar-refractivity contribution in [3.8, 4) is 17.5 Å². The number of nitriles is 1. The lowest BCUT2D eigenvalue weighted by Gasteiger charge is -2.01. The maximum atomic E-state index is 12.0. The van der Waals surface area contributed by atoms with Crippen molar-refractivity contribution in [3.05, 3.63) is 35.7 Å². The quantitative estimate of drug-likeness (QED) is 0.857. The first-order valence-corrected chi connectivity index (χ1v) is 5.38. The van der Waals surface area contributed by atoms with Crippen molar-refractivity contribution in [2.75, 3.05) is 0 Å². The Morgan fingerprint density at radius 3 is 2.47 bits per heavy atom. The van der Waals surface area contributed by atoms with Crippen molar-refractivity contribution in [2.24, 2.45) is 0 Å². The van der Waals surface area contributed by atoms with Crippen molar-refractivity contribution >= 4 is 0 Å². The molecule has 1 aromatic heterocycles. The maximum Gasteiger partial charge on any atom is 0.389 e. The monoisotopic (exact) mass is 267 g/mol. The molecule has 0 atom stereocenters. The van der Waals surface area contributed by atoms with E-state index in [0.717, 1.165) is 0 Å². The Morgan fingerprint density at radius 2 is 1.89 bits per heavy atom. The van der Waals surface area contributed by atoms with Gasteiger partial charge in [0.25, 0.3) is 5.89 Å². The fraction of sp³-hybridized carbons (Fsp3) is 0.250. The molecule has 98 valence electrons. The first-order valence-electron chi connectivity index (χ1n) is 5.38. The molecule has 0 saturated carbocycles. The van der Waals surface area contributed by atoms with Crippen molar-refractivity contribution in [3.63, 3.8) is 0 Å². The molecule has 0 amide bonds. The van der Waals surface area contributed by atoms with Crippen LogP contribution >= 0.6 is 0 Å². The highest BCUT2D eigenvalue weighted by Crippen LogP contribution is 2.23.